The minimum atomic E-state index is -0.404. The van der Waals surface area contributed by atoms with E-state index in [1.807, 2.05) is 97.9 Å². The first kappa shape index (κ1) is 21.2. The summed E-state index contributed by atoms with van der Waals surface area (Å²) in [5.74, 6) is -0.146. The number of thioether (sulfide) groups is 1. The molecule has 3 aromatic rings. The second-order valence-corrected chi connectivity index (χ2v) is 9.08. The number of urea groups is 1. The van der Waals surface area contributed by atoms with E-state index in [1.165, 1.54) is 16.7 Å². The lowest BCUT2D eigenvalue weighted by Crippen LogP contribution is -2.42. The number of hydrogen-bond acceptors (Lipinski definition) is 3. The summed E-state index contributed by atoms with van der Waals surface area (Å²) in [4.78, 5) is 31.2. The van der Waals surface area contributed by atoms with Crippen LogP contribution in [0.4, 0.5) is 4.79 Å². The quantitative estimate of drug-likeness (QED) is 0.491. The summed E-state index contributed by atoms with van der Waals surface area (Å²) in [6.45, 7) is 2.00. The molecule has 0 aromatic heterocycles. The summed E-state index contributed by atoms with van der Waals surface area (Å²) < 4.78 is 0. The van der Waals surface area contributed by atoms with Crippen LogP contribution in [0.1, 0.15) is 24.1 Å². The van der Waals surface area contributed by atoms with Gasteiger partial charge in [-0.15, -0.1) is 11.8 Å². The molecule has 158 valence electrons. The van der Waals surface area contributed by atoms with E-state index in [-0.39, 0.29) is 24.0 Å². The van der Waals surface area contributed by atoms with E-state index >= 15 is 0 Å². The molecule has 31 heavy (non-hydrogen) atoms. The van der Waals surface area contributed by atoms with Gasteiger partial charge in [0.1, 0.15) is 0 Å². The number of carbonyl (C=O) groups is 2. The Morgan fingerprint density at radius 3 is 2.06 bits per heavy atom. The predicted octanol–water partition coefficient (Wildman–Crippen LogP) is 5.41. The van der Waals surface area contributed by atoms with Crippen molar-refractivity contribution >= 4 is 23.7 Å². The summed E-state index contributed by atoms with van der Waals surface area (Å²) in [6.07, 6.45) is 0.558. The summed E-state index contributed by atoms with van der Waals surface area (Å²) in [6, 6.07) is 29.1. The van der Waals surface area contributed by atoms with Crippen molar-refractivity contribution in [1.29, 1.82) is 0 Å². The minimum Gasteiger partial charge on any atom is -0.322 e. The van der Waals surface area contributed by atoms with Crippen LogP contribution < -0.4 is 0 Å². The number of carbonyl (C=O) groups excluding carboxylic acids is 2. The first-order valence-corrected chi connectivity index (χ1v) is 11.3. The van der Waals surface area contributed by atoms with Gasteiger partial charge in [-0.3, -0.25) is 9.69 Å². The average Bonchev–Trinajstić information content (AvgIpc) is 3.04. The van der Waals surface area contributed by atoms with Gasteiger partial charge in [0.25, 0.3) is 0 Å². The number of amides is 3. The summed E-state index contributed by atoms with van der Waals surface area (Å²) in [5, 5.41) is -0.404. The number of benzene rings is 3. The van der Waals surface area contributed by atoms with Gasteiger partial charge in [-0.25, -0.2) is 4.79 Å². The molecule has 1 saturated heterocycles. The zero-order valence-electron chi connectivity index (χ0n) is 17.7. The number of hydrogen-bond donors (Lipinski definition) is 0. The van der Waals surface area contributed by atoms with E-state index < -0.39 is 5.25 Å². The molecule has 3 aromatic carbocycles. The maximum Gasteiger partial charge on any atom is 0.327 e. The molecule has 1 heterocycles. The maximum atomic E-state index is 13.9. The van der Waals surface area contributed by atoms with E-state index in [9.17, 15) is 9.59 Å². The lowest BCUT2D eigenvalue weighted by Gasteiger charge is -2.27. The number of rotatable bonds is 6. The SMILES string of the molecule is C[C@H]1[C@@H](c2ccccc2)N(C(=O)[C@@H](Cc2ccccc2)Sc2ccccc2)C(=O)N1C. The fourth-order valence-electron chi connectivity index (χ4n) is 4.03. The molecule has 1 fully saturated rings. The molecule has 0 aliphatic carbocycles. The Bertz CT molecular complexity index is 986. The maximum absolute atomic E-state index is 13.9. The first-order valence-electron chi connectivity index (χ1n) is 10.5. The highest BCUT2D eigenvalue weighted by atomic mass is 32.2. The normalized spacial score (nSPS) is 19.5. The Labute approximate surface area is 187 Å². The van der Waals surface area contributed by atoms with Gasteiger partial charge in [-0.2, -0.15) is 0 Å². The van der Waals surface area contributed by atoms with E-state index in [0.717, 1.165) is 16.0 Å². The molecule has 3 amide bonds. The van der Waals surface area contributed by atoms with E-state index in [0.29, 0.717) is 6.42 Å². The van der Waals surface area contributed by atoms with Crippen molar-refractivity contribution in [1.82, 2.24) is 9.80 Å². The molecule has 4 rings (SSSR count). The zero-order chi connectivity index (χ0) is 21.8. The molecule has 0 spiro atoms. The Morgan fingerprint density at radius 2 is 1.45 bits per heavy atom. The molecule has 0 radical (unpaired) electrons. The van der Waals surface area contributed by atoms with Crippen molar-refractivity contribution in [2.75, 3.05) is 7.05 Å². The highest BCUT2D eigenvalue weighted by Crippen LogP contribution is 2.37. The topological polar surface area (TPSA) is 40.6 Å². The molecule has 0 N–H and O–H groups in total. The van der Waals surface area contributed by atoms with Gasteiger partial charge in [0, 0.05) is 11.9 Å². The van der Waals surface area contributed by atoms with Crippen molar-refractivity contribution < 1.29 is 9.59 Å². The first-order chi connectivity index (χ1) is 15.1. The van der Waals surface area contributed by atoms with Gasteiger partial charge >= 0.3 is 6.03 Å². The molecule has 1 aliphatic heterocycles. The Hall–Kier alpha value is -3.05. The van der Waals surface area contributed by atoms with Gasteiger partial charge in [0.15, 0.2) is 0 Å². The van der Waals surface area contributed by atoms with E-state index in [4.69, 9.17) is 0 Å². The van der Waals surface area contributed by atoms with Gasteiger partial charge in [0.2, 0.25) is 5.91 Å². The van der Waals surface area contributed by atoms with Crippen molar-refractivity contribution in [3.05, 3.63) is 102 Å². The molecule has 0 saturated carbocycles. The van der Waals surface area contributed by atoms with Crippen LogP contribution in [0.3, 0.4) is 0 Å². The summed E-state index contributed by atoms with van der Waals surface area (Å²) >= 11 is 1.52. The van der Waals surface area contributed by atoms with E-state index in [1.54, 1.807) is 11.9 Å². The molecule has 0 unspecified atom stereocenters. The largest absolute Gasteiger partial charge is 0.327 e. The predicted molar refractivity (Wildman–Crippen MR) is 125 cm³/mol. The third kappa shape index (κ3) is 4.52. The van der Waals surface area contributed by atoms with Crippen molar-refractivity contribution in [3.8, 4) is 0 Å². The van der Waals surface area contributed by atoms with Crippen molar-refractivity contribution in [2.24, 2.45) is 0 Å². The Kier molecular flexibility index (Phi) is 6.42. The third-order valence-corrected chi connectivity index (χ3v) is 6.99. The highest BCUT2D eigenvalue weighted by molar-refractivity contribution is 8.00. The average molecular weight is 431 g/mol. The molecule has 5 heteroatoms. The number of imide groups is 1. The zero-order valence-corrected chi connectivity index (χ0v) is 18.5. The number of likely N-dealkylation sites (N-methyl/N-ethyl adjacent to an activating group) is 1. The van der Waals surface area contributed by atoms with Crippen LogP contribution in [0.15, 0.2) is 95.9 Å². The van der Waals surface area contributed by atoms with Gasteiger partial charge in [-0.1, -0.05) is 78.9 Å². The summed E-state index contributed by atoms with van der Waals surface area (Å²) in [5.41, 5.74) is 2.05. The fraction of sp³-hybridized carbons (Fsp3) is 0.231. The lowest BCUT2D eigenvalue weighted by atomic mass is 9.99. The van der Waals surface area contributed by atoms with Gasteiger partial charge < -0.3 is 4.90 Å². The van der Waals surface area contributed by atoms with Crippen LogP contribution in [-0.2, 0) is 11.2 Å². The van der Waals surface area contributed by atoms with E-state index in [2.05, 4.69) is 0 Å². The third-order valence-electron chi connectivity index (χ3n) is 5.79. The van der Waals surface area contributed by atoms with Crippen molar-refractivity contribution in [2.45, 2.75) is 35.6 Å². The van der Waals surface area contributed by atoms with Crippen LogP contribution in [-0.4, -0.2) is 40.1 Å². The minimum absolute atomic E-state index is 0.0991. The lowest BCUT2D eigenvalue weighted by molar-refractivity contribution is -0.128. The fourth-order valence-corrected chi connectivity index (χ4v) is 5.16. The smallest absolute Gasteiger partial charge is 0.322 e. The Balaban J connectivity index is 1.69. The second-order valence-electron chi connectivity index (χ2n) is 7.81. The molecule has 1 aliphatic rings. The van der Waals surface area contributed by atoms with Gasteiger partial charge in [-0.05, 0) is 36.6 Å². The number of nitrogens with zero attached hydrogens (tertiary/aromatic N) is 2. The highest BCUT2D eigenvalue weighted by Gasteiger charge is 2.47. The molecule has 4 nitrogen and oxygen atoms in total. The van der Waals surface area contributed by atoms with Crippen LogP contribution in [0.2, 0.25) is 0 Å². The molecule has 3 atom stereocenters. The van der Waals surface area contributed by atoms with Gasteiger partial charge in [0.05, 0.1) is 17.3 Å². The van der Waals surface area contributed by atoms with Crippen LogP contribution in [0.5, 0.6) is 0 Å². The monoisotopic (exact) mass is 430 g/mol. The molecule has 0 bridgehead atoms. The summed E-state index contributed by atoms with van der Waals surface area (Å²) in [7, 11) is 1.77. The molecular formula is C26H26N2O2S. The Morgan fingerprint density at radius 1 is 0.903 bits per heavy atom. The second kappa shape index (κ2) is 9.40. The van der Waals surface area contributed by atoms with Crippen molar-refractivity contribution in [3.63, 3.8) is 0 Å². The van der Waals surface area contributed by atoms with Crippen LogP contribution in [0.25, 0.3) is 0 Å². The van der Waals surface area contributed by atoms with Crippen LogP contribution in [0, 0.1) is 0 Å². The standard InChI is InChI=1S/C26H26N2O2S/c1-19-24(21-14-8-4-9-15-21)28(26(30)27(19)2)25(29)23(18-20-12-6-3-7-13-20)31-22-16-10-5-11-17-22/h3-17,19,23-24H,18H2,1-2H3/t19-,23+,24-/m0/s1. The molecular weight excluding hydrogens is 404 g/mol. The van der Waals surface area contributed by atoms with Crippen LogP contribution >= 0.6 is 11.8 Å².